The van der Waals surface area contributed by atoms with Gasteiger partial charge >= 0.3 is 6.03 Å². The van der Waals surface area contributed by atoms with Gasteiger partial charge in [-0.1, -0.05) is 60.7 Å². The molecule has 0 aliphatic carbocycles. The predicted octanol–water partition coefficient (Wildman–Crippen LogP) is 3.52. The Labute approximate surface area is 155 Å². The van der Waals surface area contributed by atoms with E-state index in [1.54, 1.807) is 0 Å². The van der Waals surface area contributed by atoms with E-state index in [1.165, 1.54) is 5.56 Å². The van der Waals surface area contributed by atoms with Crippen molar-refractivity contribution < 1.29 is 4.79 Å². The third-order valence-electron chi connectivity index (χ3n) is 4.31. The molecule has 136 valence electrons. The molecule has 5 nitrogen and oxygen atoms in total. The van der Waals surface area contributed by atoms with Gasteiger partial charge in [0.05, 0.1) is 6.54 Å². The van der Waals surface area contributed by atoms with Gasteiger partial charge in [0.1, 0.15) is 12.0 Å². The second-order valence-corrected chi connectivity index (χ2v) is 7.43. The molecule has 5 heteroatoms. The van der Waals surface area contributed by atoms with Crippen LogP contribution in [0.15, 0.2) is 65.7 Å². The number of benzene rings is 2. The normalized spacial score (nSPS) is 19.0. The van der Waals surface area contributed by atoms with E-state index in [4.69, 9.17) is 0 Å². The van der Waals surface area contributed by atoms with E-state index < -0.39 is 0 Å². The van der Waals surface area contributed by atoms with Gasteiger partial charge in [0.15, 0.2) is 0 Å². The Hall–Kier alpha value is -2.66. The predicted molar refractivity (Wildman–Crippen MR) is 105 cm³/mol. The van der Waals surface area contributed by atoms with E-state index in [1.807, 2.05) is 74.2 Å². The van der Waals surface area contributed by atoms with E-state index >= 15 is 0 Å². The number of nitrogens with one attached hydrogen (secondary N) is 2. The van der Waals surface area contributed by atoms with Crippen molar-refractivity contribution in [2.24, 2.45) is 4.99 Å². The molecule has 2 aromatic rings. The van der Waals surface area contributed by atoms with Crippen molar-refractivity contribution in [3.05, 3.63) is 71.8 Å². The zero-order chi connectivity index (χ0) is 18.6. The van der Waals surface area contributed by atoms with Crippen LogP contribution in [0.1, 0.15) is 31.9 Å². The molecule has 0 aromatic heterocycles. The highest BCUT2D eigenvalue weighted by molar-refractivity contribution is 6.07. The average molecular weight is 350 g/mol. The summed E-state index contributed by atoms with van der Waals surface area (Å²) in [4.78, 5) is 19.1. The van der Waals surface area contributed by atoms with Gasteiger partial charge in [0.2, 0.25) is 0 Å². The molecule has 0 bridgehead atoms. The first-order valence-corrected chi connectivity index (χ1v) is 8.91. The number of aliphatic imine (C=N–C) groups is 1. The number of hydrogen-bond acceptors (Lipinski definition) is 3. The largest absolute Gasteiger partial charge is 0.324 e. The highest BCUT2D eigenvalue weighted by atomic mass is 16.2. The van der Waals surface area contributed by atoms with E-state index in [-0.39, 0.29) is 17.7 Å². The van der Waals surface area contributed by atoms with Crippen LogP contribution in [0.2, 0.25) is 0 Å². The molecule has 3 rings (SSSR count). The standard InChI is InChI=1S/C21H26N4O/c1-21(2,3)25-19(23-15-17-12-8-5-9-13-17)18(24-20(25)26)22-14-16-10-6-4-7-11-16/h4-13,19,23H,14-15H2,1-3H3,(H,22,24,26). The number of amidine groups is 1. The molecule has 26 heavy (non-hydrogen) atoms. The lowest BCUT2D eigenvalue weighted by atomic mass is 10.1. The van der Waals surface area contributed by atoms with Crippen LogP contribution in [-0.2, 0) is 13.1 Å². The first-order chi connectivity index (χ1) is 12.4. The Morgan fingerprint density at radius 2 is 1.58 bits per heavy atom. The Kier molecular flexibility index (Phi) is 5.38. The van der Waals surface area contributed by atoms with Crippen LogP contribution >= 0.6 is 0 Å². The maximum Gasteiger partial charge on any atom is 0.324 e. The zero-order valence-electron chi connectivity index (χ0n) is 15.6. The van der Waals surface area contributed by atoms with Crippen molar-refractivity contribution in [2.75, 3.05) is 0 Å². The maximum atomic E-state index is 12.6. The van der Waals surface area contributed by atoms with Gasteiger partial charge < -0.3 is 0 Å². The van der Waals surface area contributed by atoms with Crippen LogP contribution < -0.4 is 10.6 Å². The number of carbonyl (C=O) groups excluding carboxylic acids is 1. The Balaban J connectivity index is 1.80. The topological polar surface area (TPSA) is 56.7 Å². The number of amides is 2. The van der Waals surface area contributed by atoms with Crippen molar-refractivity contribution >= 4 is 11.9 Å². The highest BCUT2D eigenvalue weighted by Gasteiger charge is 2.42. The summed E-state index contributed by atoms with van der Waals surface area (Å²) in [6.07, 6.45) is -0.272. The molecule has 1 unspecified atom stereocenters. The van der Waals surface area contributed by atoms with Gasteiger partial charge in [-0.2, -0.15) is 0 Å². The van der Waals surface area contributed by atoms with Crippen molar-refractivity contribution in [1.82, 2.24) is 15.5 Å². The van der Waals surface area contributed by atoms with E-state index in [0.717, 1.165) is 5.56 Å². The molecule has 1 atom stereocenters. The van der Waals surface area contributed by atoms with Crippen molar-refractivity contribution in [1.29, 1.82) is 0 Å². The summed E-state index contributed by atoms with van der Waals surface area (Å²) >= 11 is 0. The molecule has 0 spiro atoms. The average Bonchev–Trinajstić information content (AvgIpc) is 2.95. The van der Waals surface area contributed by atoms with Gasteiger partial charge in [-0.3, -0.25) is 20.5 Å². The molecule has 1 heterocycles. The zero-order valence-corrected chi connectivity index (χ0v) is 15.6. The molecular weight excluding hydrogens is 324 g/mol. The summed E-state index contributed by atoms with van der Waals surface area (Å²) in [5.41, 5.74) is 1.97. The molecule has 1 aliphatic heterocycles. The lowest BCUT2D eigenvalue weighted by Gasteiger charge is -2.35. The summed E-state index contributed by atoms with van der Waals surface area (Å²) < 4.78 is 0. The Morgan fingerprint density at radius 1 is 1.00 bits per heavy atom. The van der Waals surface area contributed by atoms with Crippen LogP contribution in [0, 0.1) is 0 Å². The van der Waals surface area contributed by atoms with Gasteiger partial charge in [-0.05, 0) is 31.9 Å². The molecule has 1 saturated heterocycles. The van der Waals surface area contributed by atoms with Gasteiger partial charge in [0.25, 0.3) is 0 Å². The van der Waals surface area contributed by atoms with E-state index in [0.29, 0.717) is 18.9 Å². The highest BCUT2D eigenvalue weighted by Crippen LogP contribution is 2.21. The first kappa shape index (κ1) is 18.1. The second-order valence-electron chi connectivity index (χ2n) is 7.43. The van der Waals surface area contributed by atoms with Crippen LogP contribution in [0.5, 0.6) is 0 Å². The molecule has 2 aromatic carbocycles. The molecule has 0 radical (unpaired) electrons. The van der Waals surface area contributed by atoms with Crippen LogP contribution in [0.4, 0.5) is 4.79 Å². The fourth-order valence-corrected chi connectivity index (χ4v) is 3.05. The SMILES string of the molecule is CC(C)(C)N1C(=O)NC(=NCc2ccccc2)C1NCc1ccccc1. The number of rotatable bonds is 5. The Bertz CT molecular complexity index is 766. The van der Waals surface area contributed by atoms with Gasteiger partial charge in [-0.25, -0.2) is 4.79 Å². The molecule has 2 N–H and O–H groups in total. The van der Waals surface area contributed by atoms with Crippen LogP contribution in [0.25, 0.3) is 0 Å². The van der Waals surface area contributed by atoms with Crippen LogP contribution in [-0.4, -0.2) is 28.5 Å². The molecular formula is C21H26N4O. The van der Waals surface area contributed by atoms with Crippen molar-refractivity contribution in [3.63, 3.8) is 0 Å². The van der Waals surface area contributed by atoms with Crippen molar-refractivity contribution in [3.8, 4) is 0 Å². The smallest absolute Gasteiger partial charge is 0.297 e. The third-order valence-corrected chi connectivity index (χ3v) is 4.31. The second kappa shape index (κ2) is 7.70. The van der Waals surface area contributed by atoms with E-state index in [2.05, 4.69) is 27.8 Å². The summed E-state index contributed by atoms with van der Waals surface area (Å²) in [6, 6.07) is 20.1. The lowest BCUT2D eigenvalue weighted by Crippen LogP contribution is -2.54. The molecule has 0 saturated carbocycles. The quantitative estimate of drug-likeness (QED) is 0.867. The number of urea groups is 1. The summed E-state index contributed by atoms with van der Waals surface area (Å²) in [7, 11) is 0. The Morgan fingerprint density at radius 3 is 2.15 bits per heavy atom. The number of carbonyl (C=O) groups is 1. The fourth-order valence-electron chi connectivity index (χ4n) is 3.05. The molecule has 2 amide bonds. The van der Waals surface area contributed by atoms with Gasteiger partial charge in [-0.15, -0.1) is 0 Å². The summed E-state index contributed by atoms with van der Waals surface area (Å²) in [5.74, 6) is 0.671. The fraction of sp³-hybridized carbons (Fsp3) is 0.333. The first-order valence-electron chi connectivity index (χ1n) is 8.91. The minimum atomic E-state index is -0.317. The summed E-state index contributed by atoms with van der Waals surface area (Å²) in [5, 5.41) is 6.42. The number of hydrogen-bond donors (Lipinski definition) is 2. The minimum Gasteiger partial charge on any atom is -0.297 e. The summed E-state index contributed by atoms with van der Waals surface area (Å²) in [6.45, 7) is 7.30. The van der Waals surface area contributed by atoms with E-state index in [9.17, 15) is 4.79 Å². The molecule has 1 aliphatic rings. The number of nitrogens with zero attached hydrogens (tertiary/aromatic N) is 2. The minimum absolute atomic E-state index is 0.116. The maximum absolute atomic E-state index is 12.6. The van der Waals surface area contributed by atoms with Crippen LogP contribution in [0.3, 0.4) is 0 Å². The monoisotopic (exact) mass is 350 g/mol. The van der Waals surface area contributed by atoms with Gasteiger partial charge in [0, 0.05) is 12.1 Å². The third kappa shape index (κ3) is 4.29. The van der Waals surface area contributed by atoms with Crippen molar-refractivity contribution in [2.45, 2.75) is 45.6 Å². The lowest BCUT2D eigenvalue weighted by molar-refractivity contribution is 0.135. The molecule has 1 fully saturated rings.